The molecule has 0 radical (unpaired) electrons. The van der Waals surface area contributed by atoms with Crippen molar-refractivity contribution in [3.05, 3.63) is 58.6 Å². The normalized spacial score (nSPS) is 10.1. The standard InChI is InChI=1S/C15H15BrN2O/c1-18(2)14-8-3-5-11(9-14)15(19)17-13-7-4-6-12(16)10-13/h3-10H,1-2H3,(H,17,19). The van der Waals surface area contributed by atoms with Crippen molar-refractivity contribution in [3.63, 3.8) is 0 Å². The van der Waals surface area contributed by atoms with Crippen LogP contribution < -0.4 is 10.2 Å². The molecule has 0 saturated heterocycles. The van der Waals surface area contributed by atoms with Crippen LogP contribution in [-0.4, -0.2) is 20.0 Å². The number of rotatable bonds is 3. The molecule has 0 aliphatic rings. The average molecular weight is 319 g/mol. The number of hydrogen-bond acceptors (Lipinski definition) is 2. The highest BCUT2D eigenvalue weighted by atomic mass is 79.9. The lowest BCUT2D eigenvalue weighted by atomic mass is 10.1. The summed E-state index contributed by atoms with van der Waals surface area (Å²) in [4.78, 5) is 14.1. The number of amides is 1. The molecule has 3 nitrogen and oxygen atoms in total. The van der Waals surface area contributed by atoms with Crippen LogP contribution in [0.3, 0.4) is 0 Å². The van der Waals surface area contributed by atoms with Gasteiger partial charge in [0.15, 0.2) is 0 Å². The van der Waals surface area contributed by atoms with Crippen LogP contribution >= 0.6 is 15.9 Å². The van der Waals surface area contributed by atoms with Crippen molar-refractivity contribution in [3.8, 4) is 0 Å². The van der Waals surface area contributed by atoms with Gasteiger partial charge in [0.05, 0.1) is 0 Å². The number of benzene rings is 2. The fourth-order valence-electron chi connectivity index (χ4n) is 1.69. The molecule has 0 fully saturated rings. The first-order valence-corrected chi connectivity index (χ1v) is 6.70. The average Bonchev–Trinajstić information content (AvgIpc) is 2.39. The molecular formula is C15H15BrN2O. The topological polar surface area (TPSA) is 32.3 Å². The van der Waals surface area contributed by atoms with E-state index in [1.54, 1.807) is 6.07 Å². The molecule has 2 rings (SSSR count). The Labute approximate surface area is 121 Å². The third kappa shape index (κ3) is 3.58. The Morgan fingerprint density at radius 2 is 1.84 bits per heavy atom. The van der Waals surface area contributed by atoms with E-state index >= 15 is 0 Å². The largest absolute Gasteiger partial charge is 0.378 e. The van der Waals surface area contributed by atoms with E-state index in [2.05, 4.69) is 21.2 Å². The van der Waals surface area contributed by atoms with Crippen LogP contribution in [0.15, 0.2) is 53.0 Å². The van der Waals surface area contributed by atoms with Gasteiger partial charge in [-0.25, -0.2) is 0 Å². The van der Waals surface area contributed by atoms with Crippen LogP contribution in [0.2, 0.25) is 0 Å². The number of carbonyl (C=O) groups is 1. The summed E-state index contributed by atoms with van der Waals surface area (Å²) < 4.78 is 0.937. The highest BCUT2D eigenvalue weighted by molar-refractivity contribution is 9.10. The maximum absolute atomic E-state index is 12.2. The molecule has 0 bridgehead atoms. The van der Waals surface area contributed by atoms with Crippen LogP contribution in [0, 0.1) is 0 Å². The van der Waals surface area contributed by atoms with Gasteiger partial charge in [0.1, 0.15) is 0 Å². The Morgan fingerprint density at radius 1 is 1.11 bits per heavy atom. The van der Waals surface area contributed by atoms with Gasteiger partial charge in [-0.2, -0.15) is 0 Å². The van der Waals surface area contributed by atoms with Crippen molar-refractivity contribution in [1.29, 1.82) is 0 Å². The number of halogens is 1. The molecule has 4 heteroatoms. The quantitative estimate of drug-likeness (QED) is 0.934. The van der Waals surface area contributed by atoms with Gasteiger partial charge in [0.2, 0.25) is 0 Å². The Hall–Kier alpha value is -1.81. The summed E-state index contributed by atoms with van der Waals surface area (Å²) in [5, 5.41) is 2.88. The highest BCUT2D eigenvalue weighted by Crippen LogP contribution is 2.18. The number of nitrogens with zero attached hydrogens (tertiary/aromatic N) is 1. The van der Waals surface area contributed by atoms with Crippen LogP contribution in [0.4, 0.5) is 11.4 Å². The van der Waals surface area contributed by atoms with E-state index in [4.69, 9.17) is 0 Å². The Balaban J connectivity index is 2.18. The first kappa shape index (κ1) is 13.6. The second kappa shape index (κ2) is 5.89. The molecule has 0 aliphatic heterocycles. The van der Waals surface area contributed by atoms with Crippen LogP contribution in [0.1, 0.15) is 10.4 Å². The minimum Gasteiger partial charge on any atom is -0.378 e. The summed E-state index contributed by atoms with van der Waals surface area (Å²) in [6, 6.07) is 15.1. The fraction of sp³-hybridized carbons (Fsp3) is 0.133. The van der Waals surface area contributed by atoms with E-state index in [0.29, 0.717) is 5.56 Å². The third-order valence-corrected chi connectivity index (χ3v) is 3.20. The summed E-state index contributed by atoms with van der Waals surface area (Å²) in [5.74, 6) is -0.109. The smallest absolute Gasteiger partial charge is 0.255 e. The number of anilines is 2. The second-order valence-electron chi connectivity index (χ2n) is 4.41. The van der Waals surface area contributed by atoms with E-state index < -0.39 is 0 Å². The molecule has 1 amide bonds. The van der Waals surface area contributed by atoms with Gasteiger partial charge >= 0.3 is 0 Å². The Morgan fingerprint density at radius 3 is 2.53 bits per heavy atom. The van der Waals surface area contributed by atoms with Gasteiger partial charge in [-0.3, -0.25) is 4.79 Å². The van der Waals surface area contributed by atoms with Crippen molar-refractivity contribution >= 4 is 33.2 Å². The van der Waals surface area contributed by atoms with E-state index in [0.717, 1.165) is 15.8 Å². The zero-order valence-corrected chi connectivity index (χ0v) is 12.4. The summed E-state index contributed by atoms with van der Waals surface area (Å²) in [5.41, 5.74) is 2.42. The molecule has 98 valence electrons. The summed E-state index contributed by atoms with van der Waals surface area (Å²) in [7, 11) is 3.90. The van der Waals surface area contributed by atoms with E-state index in [1.807, 2.05) is 61.5 Å². The molecule has 0 aromatic heterocycles. The Kier molecular flexibility index (Phi) is 4.22. The molecule has 2 aromatic carbocycles. The SMILES string of the molecule is CN(C)c1cccc(C(=O)Nc2cccc(Br)c2)c1. The molecule has 0 atom stereocenters. The maximum Gasteiger partial charge on any atom is 0.255 e. The summed E-state index contributed by atoms with van der Waals surface area (Å²) >= 11 is 3.38. The third-order valence-electron chi connectivity index (χ3n) is 2.71. The monoisotopic (exact) mass is 318 g/mol. The zero-order valence-electron chi connectivity index (χ0n) is 10.9. The zero-order chi connectivity index (χ0) is 13.8. The van der Waals surface area contributed by atoms with Crippen molar-refractivity contribution in [2.45, 2.75) is 0 Å². The molecule has 0 saturated carbocycles. The van der Waals surface area contributed by atoms with Crippen molar-refractivity contribution in [1.82, 2.24) is 0 Å². The number of nitrogens with one attached hydrogen (secondary N) is 1. The van der Waals surface area contributed by atoms with Crippen LogP contribution in [0.5, 0.6) is 0 Å². The highest BCUT2D eigenvalue weighted by Gasteiger charge is 2.07. The van der Waals surface area contributed by atoms with Gasteiger partial charge in [0.25, 0.3) is 5.91 Å². The van der Waals surface area contributed by atoms with Gasteiger partial charge in [-0.1, -0.05) is 28.1 Å². The van der Waals surface area contributed by atoms with Gasteiger partial charge in [-0.15, -0.1) is 0 Å². The molecule has 0 heterocycles. The second-order valence-corrected chi connectivity index (χ2v) is 5.32. The predicted molar refractivity (Wildman–Crippen MR) is 82.9 cm³/mol. The minimum absolute atomic E-state index is 0.109. The minimum atomic E-state index is -0.109. The molecular weight excluding hydrogens is 304 g/mol. The number of hydrogen-bond donors (Lipinski definition) is 1. The van der Waals surface area contributed by atoms with Gasteiger partial charge in [-0.05, 0) is 36.4 Å². The maximum atomic E-state index is 12.2. The molecule has 1 N–H and O–H groups in total. The number of carbonyl (C=O) groups excluding carboxylic acids is 1. The molecule has 19 heavy (non-hydrogen) atoms. The van der Waals surface area contributed by atoms with Crippen molar-refractivity contribution in [2.75, 3.05) is 24.3 Å². The lowest BCUT2D eigenvalue weighted by molar-refractivity contribution is 0.102. The summed E-state index contributed by atoms with van der Waals surface area (Å²) in [6.45, 7) is 0. The van der Waals surface area contributed by atoms with Crippen LogP contribution in [0.25, 0.3) is 0 Å². The molecule has 2 aromatic rings. The van der Waals surface area contributed by atoms with E-state index in [9.17, 15) is 4.79 Å². The first-order valence-electron chi connectivity index (χ1n) is 5.90. The van der Waals surface area contributed by atoms with Gasteiger partial charge < -0.3 is 10.2 Å². The lowest BCUT2D eigenvalue weighted by Crippen LogP contribution is -2.14. The first-order chi connectivity index (χ1) is 9.06. The summed E-state index contributed by atoms with van der Waals surface area (Å²) in [6.07, 6.45) is 0. The lowest BCUT2D eigenvalue weighted by Gasteiger charge is -2.13. The Bertz CT molecular complexity index is 596. The predicted octanol–water partition coefficient (Wildman–Crippen LogP) is 3.77. The van der Waals surface area contributed by atoms with Crippen LogP contribution in [-0.2, 0) is 0 Å². The fourth-order valence-corrected chi connectivity index (χ4v) is 2.09. The van der Waals surface area contributed by atoms with Gasteiger partial charge in [0, 0.05) is 35.5 Å². The van der Waals surface area contributed by atoms with Crippen molar-refractivity contribution in [2.24, 2.45) is 0 Å². The van der Waals surface area contributed by atoms with E-state index in [1.165, 1.54) is 0 Å². The van der Waals surface area contributed by atoms with E-state index in [-0.39, 0.29) is 5.91 Å². The molecule has 0 aliphatic carbocycles. The molecule has 0 spiro atoms. The van der Waals surface area contributed by atoms with Crippen molar-refractivity contribution < 1.29 is 4.79 Å². The molecule has 0 unspecified atom stereocenters.